The number of Topliss-reactive ketones (excluding diaryl/α,β-unsaturated/α-hetero) is 1. The summed E-state index contributed by atoms with van der Waals surface area (Å²) in [6.45, 7) is 13.1. The van der Waals surface area contributed by atoms with Crippen LogP contribution in [-0.4, -0.2) is 33.2 Å². The van der Waals surface area contributed by atoms with E-state index in [1.807, 2.05) is 25.1 Å². The van der Waals surface area contributed by atoms with Crippen molar-refractivity contribution in [3.8, 4) is 10.6 Å². The molecule has 1 heterocycles. The molecule has 1 aromatic carbocycles. The first kappa shape index (κ1) is 23.6. The van der Waals surface area contributed by atoms with Crippen molar-refractivity contribution in [2.45, 2.75) is 71.2 Å². The van der Waals surface area contributed by atoms with Gasteiger partial charge in [-0.05, 0) is 72.4 Å². The molecule has 164 valence electrons. The van der Waals surface area contributed by atoms with E-state index in [9.17, 15) is 4.79 Å². The summed E-state index contributed by atoms with van der Waals surface area (Å²) in [5, 5.41) is 1.09. The molecule has 0 spiro atoms. The van der Waals surface area contributed by atoms with Gasteiger partial charge in [0.1, 0.15) is 5.01 Å². The van der Waals surface area contributed by atoms with Gasteiger partial charge in [0.2, 0.25) is 0 Å². The first-order chi connectivity index (χ1) is 13.8. The van der Waals surface area contributed by atoms with Gasteiger partial charge in [-0.1, -0.05) is 20.8 Å². The summed E-state index contributed by atoms with van der Waals surface area (Å²) in [5.74, 6) is 0.0443. The Hall–Kier alpha value is -1.02. The number of nitrogens with zero attached hydrogens (tertiary/aromatic N) is 2. The average molecular weight is 510 g/mol. The third-order valence-electron chi connectivity index (χ3n) is 6.33. The average Bonchev–Trinajstić information content (AvgIpc) is 3.04. The molecule has 0 radical (unpaired) electrons. The maximum absolute atomic E-state index is 12.5. The fourth-order valence-electron chi connectivity index (χ4n) is 3.57. The number of thiazole rings is 1. The Kier molecular flexibility index (Phi) is 6.69. The summed E-state index contributed by atoms with van der Waals surface area (Å²) >= 11 is 5.37. The number of hydrogen-bond donors (Lipinski definition) is 0. The SMILES string of the molecule is CC(=O)c1c(-c2nc3c(s2)C(O[Si](C)(C)C(C)(C)C)CCC3)ccc(N(C)C)c1Br. The van der Waals surface area contributed by atoms with E-state index in [1.54, 1.807) is 18.3 Å². The molecule has 0 N–H and O–H groups in total. The predicted molar refractivity (Wildman–Crippen MR) is 134 cm³/mol. The number of carbonyl (C=O) groups excluding carboxylic acids is 1. The van der Waals surface area contributed by atoms with Crippen LogP contribution in [0.5, 0.6) is 0 Å². The molecule has 0 fully saturated rings. The number of benzene rings is 1. The number of rotatable bonds is 5. The van der Waals surface area contributed by atoms with Gasteiger partial charge in [-0.2, -0.15) is 0 Å². The minimum absolute atomic E-state index is 0.0443. The number of anilines is 1. The topological polar surface area (TPSA) is 42.4 Å². The molecule has 1 atom stereocenters. The zero-order valence-electron chi connectivity index (χ0n) is 19.4. The maximum atomic E-state index is 12.5. The van der Waals surface area contributed by atoms with Gasteiger partial charge in [-0.15, -0.1) is 11.3 Å². The van der Waals surface area contributed by atoms with Crippen molar-refractivity contribution >= 4 is 47.1 Å². The van der Waals surface area contributed by atoms with Crippen molar-refractivity contribution in [2.24, 2.45) is 0 Å². The largest absolute Gasteiger partial charge is 0.409 e. The first-order valence-electron chi connectivity index (χ1n) is 10.5. The summed E-state index contributed by atoms with van der Waals surface area (Å²) in [6.07, 6.45) is 3.24. The minimum Gasteiger partial charge on any atom is -0.409 e. The number of carbonyl (C=O) groups is 1. The van der Waals surface area contributed by atoms with E-state index < -0.39 is 8.32 Å². The van der Waals surface area contributed by atoms with Crippen LogP contribution >= 0.6 is 27.3 Å². The van der Waals surface area contributed by atoms with Crippen LogP contribution in [-0.2, 0) is 10.8 Å². The third-order valence-corrected chi connectivity index (χ3v) is 12.8. The highest BCUT2D eigenvalue weighted by molar-refractivity contribution is 9.10. The van der Waals surface area contributed by atoms with Gasteiger partial charge in [0.25, 0.3) is 0 Å². The lowest BCUT2D eigenvalue weighted by Crippen LogP contribution is -2.42. The Morgan fingerprint density at radius 3 is 2.53 bits per heavy atom. The van der Waals surface area contributed by atoms with E-state index in [4.69, 9.17) is 9.41 Å². The van der Waals surface area contributed by atoms with E-state index in [0.29, 0.717) is 5.56 Å². The van der Waals surface area contributed by atoms with Crippen molar-refractivity contribution in [2.75, 3.05) is 19.0 Å². The molecule has 0 aliphatic heterocycles. The molecular weight excluding hydrogens is 476 g/mol. The molecule has 1 aromatic heterocycles. The normalized spacial score (nSPS) is 17.0. The lowest BCUT2D eigenvalue weighted by Gasteiger charge is -2.40. The van der Waals surface area contributed by atoms with E-state index >= 15 is 0 Å². The Morgan fingerprint density at radius 1 is 1.30 bits per heavy atom. The number of fused-ring (bicyclic) bond motifs is 1. The lowest BCUT2D eigenvalue weighted by molar-refractivity contribution is 0.101. The molecular formula is C23H33BrN2O2SSi. The van der Waals surface area contributed by atoms with Crippen LogP contribution in [0.25, 0.3) is 10.6 Å². The van der Waals surface area contributed by atoms with Crippen LogP contribution in [0, 0.1) is 0 Å². The predicted octanol–water partition coefficient (Wildman–Crippen LogP) is 7.24. The second-order valence-corrected chi connectivity index (χ2v) is 16.4. The molecule has 7 heteroatoms. The van der Waals surface area contributed by atoms with Crippen molar-refractivity contribution in [3.05, 3.63) is 32.7 Å². The highest BCUT2D eigenvalue weighted by Crippen LogP contribution is 2.46. The second-order valence-electron chi connectivity index (χ2n) is 9.86. The van der Waals surface area contributed by atoms with Crippen LogP contribution in [0.3, 0.4) is 0 Å². The van der Waals surface area contributed by atoms with Gasteiger partial charge in [-0.25, -0.2) is 4.98 Å². The molecule has 1 aliphatic rings. The number of halogens is 1. The van der Waals surface area contributed by atoms with Crippen molar-refractivity contribution in [1.82, 2.24) is 4.98 Å². The number of ketones is 1. The number of hydrogen-bond acceptors (Lipinski definition) is 5. The highest BCUT2D eigenvalue weighted by Gasteiger charge is 2.41. The molecule has 0 bridgehead atoms. The molecule has 4 nitrogen and oxygen atoms in total. The summed E-state index contributed by atoms with van der Waals surface area (Å²) in [5.41, 5.74) is 3.75. The zero-order chi connectivity index (χ0) is 22.4. The van der Waals surface area contributed by atoms with Gasteiger partial charge in [-0.3, -0.25) is 4.79 Å². The fourth-order valence-corrected chi connectivity index (χ4v) is 7.15. The minimum atomic E-state index is -1.88. The van der Waals surface area contributed by atoms with Crippen LogP contribution in [0.2, 0.25) is 18.1 Å². The van der Waals surface area contributed by atoms with Gasteiger partial charge < -0.3 is 9.33 Å². The van der Waals surface area contributed by atoms with Gasteiger partial charge >= 0.3 is 0 Å². The summed E-state index contributed by atoms with van der Waals surface area (Å²) in [6, 6.07) is 4.08. The summed E-state index contributed by atoms with van der Waals surface area (Å²) in [7, 11) is 2.08. The third kappa shape index (κ3) is 4.45. The standard InChI is InChI=1S/C23H33BrN2O2SSi/c1-14(27)19-15(12-13-17(20(19)24)26(5)6)22-25-16-10-9-11-18(21(16)29-22)28-30(7,8)23(2,3)4/h12-13,18H,9-11H2,1-8H3. The monoisotopic (exact) mass is 508 g/mol. The molecule has 1 unspecified atom stereocenters. The molecule has 0 amide bonds. The molecule has 1 aliphatic carbocycles. The van der Waals surface area contributed by atoms with Crippen molar-refractivity contribution in [1.29, 1.82) is 0 Å². The molecule has 30 heavy (non-hydrogen) atoms. The fraction of sp³-hybridized carbons (Fsp3) is 0.565. The van der Waals surface area contributed by atoms with E-state index in [1.165, 1.54) is 4.88 Å². The van der Waals surface area contributed by atoms with Gasteiger partial charge in [0, 0.05) is 25.2 Å². The Bertz CT molecular complexity index is 963. The van der Waals surface area contributed by atoms with Crippen LogP contribution in [0.4, 0.5) is 5.69 Å². The Labute approximate surface area is 194 Å². The molecule has 0 saturated heterocycles. The quantitative estimate of drug-likeness (QED) is 0.315. The van der Waals surface area contributed by atoms with E-state index in [0.717, 1.165) is 45.7 Å². The Morgan fingerprint density at radius 2 is 1.97 bits per heavy atom. The zero-order valence-corrected chi connectivity index (χ0v) is 22.8. The van der Waals surface area contributed by atoms with Gasteiger partial charge in [0.15, 0.2) is 14.1 Å². The Balaban J connectivity index is 2.05. The van der Waals surface area contributed by atoms with Crippen LogP contribution in [0.15, 0.2) is 16.6 Å². The van der Waals surface area contributed by atoms with Crippen LogP contribution in [0.1, 0.15) is 67.6 Å². The van der Waals surface area contributed by atoms with E-state index in [2.05, 4.69) is 55.9 Å². The first-order valence-corrected chi connectivity index (χ1v) is 15.0. The van der Waals surface area contributed by atoms with Crippen molar-refractivity contribution in [3.63, 3.8) is 0 Å². The summed E-state index contributed by atoms with van der Waals surface area (Å²) in [4.78, 5) is 20.8. The molecule has 0 saturated carbocycles. The van der Waals surface area contributed by atoms with Crippen LogP contribution < -0.4 is 4.90 Å². The van der Waals surface area contributed by atoms with Gasteiger partial charge in [0.05, 0.1) is 26.8 Å². The second kappa shape index (κ2) is 8.49. The maximum Gasteiger partial charge on any atom is 0.192 e. The number of aromatic nitrogens is 1. The van der Waals surface area contributed by atoms with Crippen molar-refractivity contribution < 1.29 is 9.22 Å². The smallest absolute Gasteiger partial charge is 0.192 e. The molecule has 3 rings (SSSR count). The van der Waals surface area contributed by atoms with E-state index in [-0.39, 0.29) is 16.9 Å². The molecule has 2 aromatic rings. The number of aryl methyl sites for hydroxylation is 1. The summed E-state index contributed by atoms with van der Waals surface area (Å²) < 4.78 is 7.63. The lowest BCUT2D eigenvalue weighted by atomic mass is 10.0. The highest BCUT2D eigenvalue weighted by atomic mass is 79.9.